The molecule has 0 bridgehead atoms. The number of ether oxygens (including phenoxy) is 5. The van der Waals surface area contributed by atoms with Crippen LogP contribution in [0.25, 0.3) is 0 Å². The van der Waals surface area contributed by atoms with Crippen LogP contribution in [0.4, 0.5) is 4.79 Å². The van der Waals surface area contributed by atoms with Crippen molar-refractivity contribution in [3.05, 3.63) is 12.2 Å². The molecule has 23 heavy (non-hydrogen) atoms. The van der Waals surface area contributed by atoms with E-state index in [-0.39, 0.29) is 12.7 Å². The minimum absolute atomic E-state index is 0.241. The van der Waals surface area contributed by atoms with Crippen LogP contribution in [0.15, 0.2) is 12.2 Å². The van der Waals surface area contributed by atoms with E-state index in [1.54, 1.807) is 7.11 Å². The minimum Gasteiger partial charge on any atom is -0.430 e. The molecule has 0 N–H and O–H groups in total. The van der Waals surface area contributed by atoms with E-state index in [9.17, 15) is 4.79 Å². The molecule has 134 valence electrons. The Bertz CT molecular complexity index is 402. The van der Waals surface area contributed by atoms with Crippen LogP contribution in [-0.2, 0) is 23.7 Å². The van der Waals surface area contributed by atoms with E-state index < -0.39 is 17.4 Å². The van der Waals surface area contributed by atoms with Gasteiger partial charge in [0.05, 0.1) is 31.0 Å². The summed E-state index contributed by atoms with van der Waals surface area (Å²) in [5.74, 6) is 0.342. The summed E-state index contributed by atoms with van der Waals surface area (Å²) in [7, 11) is 1.69. The number of hydrogen-bond acceptors (Lipinski definition) is 6. The van der Waals surface area contributed by atoms with Gasteiger partial charge in [0, 0.05) is 13.0 Å². The molecule has 0 radical (unpaired) electrons. The van der Waals surface area contributed by atoms with Crippen molar-refractivity contribution in [3.8, 4) is 0 Å². The van der Waals surface area contributed by atoms with Gasteiger partial charge in [-0.3, -0.25) is 0 Å². The molecule has 0 spiro atoms. The van der Waals surface area contributed by atoms with Crippen LogP contribution in [0.5, 0.6) is 0 Å². The second-order valence-electron chi connectivity index (χ2n) is 7.02. The van der Waals surface area contributed by atoms with Crippen LogP contribution in [0.3, 0.4) is 0 Å². The SMILES string of the molecule is COCC(C)COC(C)(C)/C=C/C(C)(C)OCC1COC(=O)O1. The van der Waals surface area contributed by atoms with Gasteiger partial charge in [0.25, 0.3) is 0 Å². The number of rotatable bonds is 10. The van der Waals surface area contributed by atoms with Crippen molar-refractivity contribution in [2.75, 3.05) is 33.5 Å². The fourth-order valence-electron chi connectivity index (χ4n) is 1.94. The van der Waals surface area contributed by atoms with Gasteiger partial charge in [-0.1, -0.05) is 19.1 Å². The summed E-state index contributed by atoms with van der Waals surface area (Å²) < 4.78 is 26.5. The molecule has 0 amide bonds. The molecule has 2 atom stereocenters. The molecule has 0 aromatic heterocycles. The zero-order chi connectivity index (χ0) is 17.5. The van der Waals surface area contributed by atoms with Gasteiger partial charge in [-0.25, -0.2) is 4.79 Å². The van der Waals surface area contributed by atoms with Crippen molar-refractivity contribution in [2.45, 2.75) is 51.9 Å². The normalized spacial score (nSPS) is 20.6. The summed E-state index contributed by atoms with van der Waals surface area (Å²) in [5.41, 5.74) is -0.890. The summed E-state index contributed by atoms with van der Waals surface area (Å²) in [6.45, 7) is 11.8. The van der Waals surface area contributed by atoms with E-state index in [0.717, 1.165) is 0 Å². The van der Waals surface area contributed by atoms with Crippen LogP contribution in [0.1, 0.15) is 34.6 Å². The van der Waals surface area contributed by atoms with Crippen LogP contribution in [0.2, 0.25) is 0 Å². The lowest BCUT2D eigenvalue weighted by Gasteiger charge is -2.27. The molecule has 1 fully saturated rings. The van der Waals surface area contributed by atoms with Crippen LogP contribution >= 0.6 is 0 Å². The molecular formula is C17H30O6. The molecule has 1 aliphatic rings. The molecule has 6 nitrogen and oxygen atoms in total. The maximum absolute atomic E-state index is 10.9. The monoisotopic (exact) mass is 330 g/mol. The van der Waals surface area contributed by atoms with Gasteiger partial charge in [0.2, 0.25) is 0 Å². The molecule has 6 heteroatoms. The Labute approximate surface area is 139 Å². The Morgan fingerprint density at radius 3 is 2.30 bits per heavy atom. The number of cyclic esters (lactones) is 2. The van der Waals surface area contributed by atoms with E-state index in [1.807, 2.05) is 39.8 Å². The highest BCUT2D eigenvalue weighted by molar-refractivity contribution is 5.61. The van der Waals surface area contributed by atoms with Crippen LogP contribution < -0.4 is 0 Å². The summed E-state index contributed by atoms with van der Waals surface area (Å²) in [6.07, 6.45) is 2.98. The fourth-order valence-corrected chi connectivity index (χ4v) is 1.94. The molecule has 0 aliphatic carbocycles. The summed E-state index contributed by atoms with van der Waals surface area (Å²) in [5, 5.41) is 0. The highest BCUT2D eigenvalue weighted by atomic mass is 16.8. The first-order valence-corrected chi connectivity index (χ1v) is 7.94. The first-order valence-electron chi connectivity index (χ1n) is 7.94. The topological polar surface area (TPSA) is 63.2 Å². The lowest BCUT2D eigenvalue weighted by atomic mass is 10.0. The standard InChI is InChI=1S/C17H30O6/c1-13(9-19-6)10-21-16(2,3)7-8-17(4,5)22-12-14-11-20-15(18)23-14/h7-8,13-14H,9-12H2,1-6H3/b8-7+. The maximum Gasteiger partial charge on any atom is 0.508 e. The van der Waals surface area contributed by atoms with Crippen molar-refractivity contribution in [1.82, 2.24) is 0 Å². The van der Waals surface area contributed by atoms with Crippen molar-refractivity contribution < 1.29 is 28.5 Å². The van der Waals surface area contributed by atoms with Gasteiger partial charge in [0.1, 0.15) is 6.61 Å². The van der Waals surface area contributed by atoms with Gasteiger partial charge in [-0.15, -0.1) is 0 Å². The van der Waals surface area contributed by atoms with Crippen molar-refractivity contribution in [1.29, 1.82) is 0 Å². The van der Waals surface area contributed by atoms with Crippen molar-refractivity contribution in [3.63, 3.8) is 0 Å². The Morgan fingerprint density at radius 2 is 1.78 bits per heavy atom. The second-order valence-corrected chi connectivity index (χ2v) is 7.02. The highest BCUT2D eigenvalue weighted by Crippen LogP contribution is 2.19. The first kappa shape index (κ1) is 19.9. The zero-order valence-corrected chi connectivity index (χ0v) is 15.1. The van der Waals surface area contributed by atoms with Crippen LogP contribution in [-0.4, -0.2) is 57.0 Å². The molecule has 0 saturated carbocycles. The average molecular weight is 330 g/mol. The Balaban J connectivity index is 2.40. The van der Waals surface area contributed by atoms with E-state index >= 15 is 0 Å². The largest absolute Gasteiger partial charge is 0.508 e. The molecule has 1 aliphatic heterocycles. The van der Waals surface area contributed by atoms with E-state index in [4.69, 9.17) is 23.7 Å². The number of carbonyl (C=O) groups excluding carboxylic acids is 1. The van der Waals surface area contributed by atoms with E-state index in [2.05, 4.69) is 6.92 Å². The quantitative estimate of drug-likeness (QED) is 0.453. The predicted octanol–water partition coefficient (Wildman–Crippen LogP) is 2.95. The van der Waals surface area contributed by atoms with Gasteiger partial charge in [0.15, 0.2) is 6.10 Å². The van der Waals surface area contributed by atoms with Crippen LogP contribution in [0, 0.1) is 5.92 Å². The average Bonchev–Trinajstić information content (AvgIpc) is 2.88. The zero-order valence-electron chi connectivity index (χ0n) is 15.1. The lowest BCUT2D eigenvalue weighted by molar-refractivity contribution is -0.0303. The third-order valence-electron chi connectivity index (χ3n) is 3.37. The predicted molar refractivity (Wildman–Crippen MR) is 86.5 cm³/mol. The number of methoxy groups -OCH3 is 1. The fraction of sp³-hybridized carbons (Fsp3) is 0.824. The smallest absolute Gasteiger partial charge is 0.430 e. The third kappa shape index (κ3) is 8.34. The molecule has 2 unspecified atom stereocenters. The van der Waals surface area contributed by atoms with Gasteiger partial charge in [-0.2, -0.15) is 0 Å². The molecule has 1 rings (SSSR count). The van der Waals surface area contributed by atoms with Crippen molar-refractivity contribution >= 4 is 6.16 Å². The van der Waals surface area contributed by atoms with E-state index in [0.29, 0.717) is 25.7 Å². The Kier molecular flexibility index (Phi) is 7.51. The molecule has 1 heterocycles. The Morgan fingerprint density at radius 1 is 1.17 bits per heavy atom. The Hall–Kier alpha value is -1.11. The molecule has 1 saturated heterocycles. The molecule has 0 aromatic carbocycles. The number of carbonyl (C=O) groups is 1. The van der Waals surface area contributed by atoms with E-state index in [1.165, 1.54) is 0 Å². The van der Waals surface area contributed by atoms with Gasteiger partial charge < -0.3 is 23.7 Å². The second kappa shape index (κ2) is 8.66. The summed E-state index contributed by atoms with van der Waals surface area (Å²) in [6, 6.07) is 0. The number of hydrogen-bond donors (Lipinski definition) is 0. The third-order valence-corrected chi connectivity index (χ3v) is 3.37. The summed E-state index contributed by atoms with van der Waals surface area (Å²) >= 11 is 0. The molecule has 0 aromatic rings. The van der Waals surface area contributed by atoms with Gasteiger partial charge in [-0.05, 0) is 27.7 Å². The van der Waals surface area contributed by atoms with Crippen molar-refractivity contribution in [2.24, 2.45) is 5.92 Å². The lowest BCUT2D eigenvalue weighted by Crippen LogP contribution is -2.31. The maximum atomic E-state index is 10.9. The minimum atomic E-state index is -0.633. The first-order chi connectivity index (χ1) is 10.6. The summed E-state index contributed by atoms with van der Waals surface area (Å²) in [4.78, 5) is 10.9. The van der Waals surface area contributed by atoms with Gasteiger partial charge >= 0.3 is 6.16 Å². The highest BCUT2D eigenvalue weighted by Gasteiger charge is 2.28. The molecular weight excluding hydrogens is 300 g/mol.